The van der Waals surface area contributed by atoms with Crippen LogP contribution in [0, 0.1) is 17.7 Å². The molecule has 1 aromatic carbocycles. The second-order valence-electron chi connectivity index (χ2n) is 3.75. The second-order valence-corrected chi connectivity index (χ2v) is 3.75. The summed E-state index contributed by atoms with van der Waals surface area (Å²) in [7, 11) is 0. The Labute approximate surface area is 115 Å². The van der Waals surface area contributed by atoms with E-state index in [4.69, 9.17) is 11.5 Å². The summed E-state index contributed by atoms with van der Waals surface area (Å²) in [5.41, 5.74) is 10.5. The van der Waals surface area contributed by atoms with Crippen molar-refractivity contribution in [1.29, 1.82) is 0 Å². The maximum absolute atomic E-state index is 13.6. The van der Waals surface area contributed by atoms with Gasteiger partial charge in [0.25, 0.3) is 5.91 Å². The number of halogens is 1. The lowest BCUT2D eigenvalue weighted by molar-refractivity contribution is 0.0950. The summed E-state index contributed by atoms with van der Waals surface area (Å²) in [5, 5.41) is 4.76. The molecule has 0 unspecified atom stereocenters. The SMILES string of the molecule is NCC#Cc1ccc(F)c(C(=O)NCCNC(N)=O)c1. The van der Waals surface area contributed by atoms with Gasteiger partial charge in [-0.05, 0) is 18.2 Å². The Balaban J connectivity index is 2.69. The predicted octanol–water partition coefficient (Wildman–Crippen LogP) is -0.466. The van der Waals surface area contributed by atoms with Crippen molar-refractivity contribution in [2.24, 2.45) is 11.5 Å². The fourth-order valence-corrected chi connectivity index (χ4v) is 1.39. The standard InChI is InChI=1S/C13H15FN4O2/c14-11-4-3-9(2-1-5-15)8-10(11)12(19)17-6-7-18-13(16)20/h3-4,8H,5-7,15H2,(H,17,19)(H3,16,18,20). The van der Waals surface area contributed by atoms with Gasteiger partial charge in [-0.15, -0.1) is 0 Å². The van der Waals surface area contributed by atoms with E-state index in [2.05, 4.69) is 22.5 Å². The smallest absolute Gasteiger partial charge is 0.312 e. The van der Waals surface area contributed by atoms with Gasteiger partial charge >= 0.3 is 6.03 Å². The Morgan fingerprint density at radius 1 is 1.25 bits per heavy atom. The first kappa shape index (κ1) is 15.5. The topological polar surface area (TPSA) is 110 Å². The van der Waals surface area contributed by atoms with Gasteiger partial charge in [-0.2, -0.15) is 0 Å². The van der Waals surface area contributed by atoms with Crippen LogP contribution in [0.4, 0.5) is 9.18 Å². The lowest BCUT2D eigenvalue weighted by atomic mass is 10.1. The highest BCUT2D eigenvalue weighted by Gasteiger charge is 2.11. The molecule has 0 aromatic heterocycles. The molecule has 0 atom stereocenters. The van der Waals surface area contributed by atoms with E-state index in [1.54, 1.807) is 0 Å². The van der Waals surface area contributed by atoms with Crippen LogP contribution in [-0.4, -0.2) is 31.6 Å². The molecule has 20 heavy (non-hydrogen) atoms. The minimum Gasteiger partial charge on any atom is -0.352 e. The summed E-state index contributed by atoms with van der Waals surface area (Å²) in [5.74, 6) is 4.09. The third-order valence-electron chi connectivity index (χ3n) is 2.26. The highest BCUT2D eigenvalue weighted by atomic mass is 19.1. The van der Waals surface area contributed by atoms with Crippen molar-refractivity contribution >= 4 is 11.9 Å². The molecule has 1 aromatic rings. The highest BCUT2D eigenvalue weighted by Crippen LogP contribution is 2.09. The third kappa shape index (κ3) is 4.96. The van der Waals surface area contributed by atoms with Crippen molar-refractivity contribution in [3.63, 3.8) is 0 Å². The summed E-state index contributed by atoms with van der Waals surface area (Å²) in [6, 6.07) is 3.28. The molecule has 1 rings (SSSR count). The van der Waals surface area contributed by atoms with Crippen molar-refractivity contribution < 1.29 is 14.0 Å². The van der Waals surface area contributed by atoms with E-state index in [0.29, 0.717) is 5.56 Å². The van der Waals surface area contributed by atoms with Crippen LogP contribution in [0.2, 0.25) is 0 Å². The van der Waals surface area contributed by atoms with E-state index in [1.807, 2.05) is 0 Å². The van der Waals surface area contributed by atoms with Gasteiger partial charge in [0.15, 0.2) is 0 Å². The summed E-state index contributed by atoms with van der Waals surface area (Å²) >= 11 is 0. The zero-order chi connectivity index (χ0) is 15.0. The van der Waals surface area contributed by atoms with Crippen molar-refractivity contribution in [3.8, 4) is 11.8 Å². The molecule has 0 fully saturated rings. The van der Waals surface area contributed by atoms with Gasteiger partial charge < -0.3 is 22.1 Å². The maximum Gasteiger partial charge on any atom is 0.312 e. The minimum atomic E-state index is -0.690. The van der Waals surface area contributed by atoms with E-state index in [1.165, 1.54) is 12.1 Å². The first-order chi connectivity index (χ1) is 9.54. The van der Waals surface area contributed by atoms with Crippen LogP contribution in [0.15, 0.2) is 18.2 Å². The van der Waals surface area contributed by atoms with E-state index in [9.17, 15) is 14.0 Å². The van der Waals surface area contributed by atoms with Gasteiger partial charge in [0, 0.05) is 18.7 Å². The average Bonchev–Trinajstić information content (AvgIpc) is 2.42. The molecule has 0 aliphatic carbocycles. The number of rotatable bonds is 4. The van der Waals surface area contributed by atoms with E-state index in [0.717, 1.165) is 6.07 Å². The molecule has 0 aliphatic rings. The first-order valence-corrected chi connectivity index (χ1v) is 5.84. The number of carbonyl (C=O) groups is 2. The summed E-state index contributed by atoms with van der Waals surface area (Å²) in [4.78, 5) is 22.2. The molecule has 3 amide bonds. The molecule has 0 radical (unpaired) electrons. The molecule has 0 heterocycles. The van der Waals surface area contributed by atoms with E-state index in [-0.39, 0.29) is 25.2 Å². The second kappa shape index (κ2) is 7.76. The van der Waals surface area contributed by atoms with Crippen molar-refractivity contribution in [3.05, 3.63) is 35.1 Å². The fourth-order valence-electron chi connectivity index (χ4n) is 1.39. The third-order valence-corrected chi connectivity index (χ3v) is 2.26. The average molecular weight is 278 g/mol. The van der Waals surface area contributed by atoms with Gasteiger partial charge in [-0.25, -0.2) is 9.18 Å². The van der Waals surface area contributed by atoms with Gasteiger partial charge in [0.2, 0.25) is 0 Å². The fraction of sp³-hybridized carbons (Fsp3) is 0.231. The summed E-state index contributed by atoms with van der Waals surface area (Å²) in [6.45, 7) is 0.479. The molecule has 0 bridgehead atoms. The van der Waals surface area contributed by atoms with Crippen LogP contribution >= 0.6 is 0 Å². The van der Waals surface area contributed by atoms with Crippen molar-refractivity contribution in [2.45, 2.75) is 0 Å². The molecule has 7 heteroatoms. The lowest BCUT2D eigenvalue weighted by Gasteiger charge is -2.06. The number of urea groups is 1. The number of nitrogens with two attached hydrogens (primary N) is 2. The molecule has 6 nitrogen and oxygen atoms in total. The van der Waals surface area contributed by atoms with Gasteiger partial charge in [-0.3, -0.25) is 4.79 Å². The number of primary amides is 1. The quantitative estimate of drug-likeness (QED) is 0.441. The van der Waals surface area contributed by atoms with E-state index >= 15 is 0 Å². The molecule has 0 aliphatic heterocycles. The Bertz CT molecular complexity index is 563. The van der Waals surface area contributed by atoms with Gasteiger partial charge in [-0.1, -0.05) is 11.8 Å². The Hall–Kier alpha value is -2.59. The number of benzene rings is 1. The summed E-state index contributed by atoms with van der Waals surface area (Å²) in [6.07, 6.45) is 0. The Morgan fingerprint density at radius 2 is 1.95 bits per heavy atom. The highest BCUT2D eigenvalue weighted by molar-refractivity contribution is 5.94. The molecule has 0 saturated carbocycles. The number of carbonyl (C=O) groups excluding carboxylic acids is 2. The number of hydrogen-bond acceptors (Lipinski definition) is 3. The normalized spacial score (nSPS) is 9.30. The Morgan fingerprint density at radius 3 is 2.60 bits per heavy atom. The van der Waals surface area contributed by atoms with Crippen molar-refractivity contribution in [1.82, 2.24) is 10.6 Å². The van der Waals surface area contributed by atoms with Crippen LogP contribution < -0.4 is 22.1 Å². The molecule has 6 N–H and O–H groups in total. The number of hydrogen-bond donors (Lipinski definition) is 4. The molecular weight excluding hydrogens is 263 g/mol. The minimum absolute atomic E-state index is 0.118. The largest absolute Gasteiger partial charge is 0.352 e. The first-order valence-electron chi connectivity index (χ1n) is 5.84. The van der Waals surface area contributed by atoms with Crippen LogP contribution in [-0.2, 0) is 0 Å². The Kier molecular flexibility index (Phi) is 6.00. The van der Waals surface area contributed by atoms with Crippen LogP contribution in [0.5, 0.6) is 0 Å². The lowest BCUT2D eigenvalue weighted by Crippen LogP contribution is -2.37. The van der Waals surface area contributed by atoms with Gasteiger partial charge in [0.05, 0.1) is 12.1 Å². The van der Waals surface area contributed by atoms with Crippen LogP contribution in [0.1, 0.15) is 15.9 Å². The number of nitrogens with one attached hydrogen (secondary N) is 2. The summed E-state index contributed by atoms with van der Waals surface area (Å²) < 4.78 is 13.6. The molecular formula is C13H15FN4O2. The van der Waals surface area contributed by atoms with Crippen LogP contribution in [0.25, 0.3) is 0 Å². The van der Waals surface area contributed by atoms with E-state index < -0.39 is 17.8 Å². The monoisotopic (exact) mass is 278 g/mol. The zero-order valence-corrected chi connectivity index (χ0v) is 10.7. The van der Waals surface area contributed by atoms with Gasteiger partial charge in [0.1, 0.15) is 5.82 Å². The predicted molar refractivity (Wildman–Crippen MR) is 72.3 cm³/mol. The molecule has 106 valence electrons. The van der Waals surface area contributed by atoms with Crippen LogP contribution in [0.3, 0.4) is 0 Å². The van der Waals surface area contributed by atoms with Crippen molar-refractivity contribution in [2.75, 3.05) is 19.6 Å². The zero-order valence-electron chi connectivity index (χ0n) is 10.7. The maximum atomic E-state index is 13.6. The molecule has 0 spiro atoms. The molecule has 0 saturated heterocycles. The number of amides is 3.